The average molecular weight is 533 g/mol. The van der Waals surface area contributed by atoms with Crippen molar-refractivity contribution in [1.29, 1.82) is 0 Å². The Labute approximate surface area is 243 Å². The summed E-state index contributed by atoms with van der Waals surface area (Å²) in [7, 11) is 0. The summed E-state index contributed by atoms with van der Waals surface area (Å²) in [4.78, 5) is 0. The maximum atomic E-state index is 7.47. The van der Waals surface area contributed by atoms with Crippen molar-refractivity contribution in [3.63, 3.8) is 0 Å². The molecule has 41 heavy (non-hydrogen) atoms. The van der Waals surface area contributed by atoms with E-state index < -0.39 is 5.60 Å². The Morgan fingerprint density at radius 3 is 2.02 bits per heavy atom. The number of hydrogen-bond donors (Lipinski definition) is 0. The molecule has 1 nitrogen and oxygen atoms in total. The van der Waals surface area contributed by atoms with Crippen LogP contribution in [0.25, 0.3) is 28.0 Å². The number of rotatable bonds is 2. The highest BCUT2D eigenvalue weighted by Crippen LogP contribution is 2.61. The van der Waals surface area contributed by atoms with Gasteiger partial charge in [-0.2, -0.15) is 0 Å². The van der Waals surface area contributed by atoms with Gasteiger partial charge in [-0.25, -0.2) is 0 Å². The zero-order chi connectivity index (χ0) is 27.4. The molecule has 3 aliphatic rings. The summed E-state index contributed by atoms with van der Waals surface area (Å²) in [5.41, 5.74) is 10.1. The molecular weight excluding hydrogens is 496 g/mol. The van der Waals surface area contributed by atoms with Gasteiger partial charge in [-0.3, -0.25) is 0 Å². The van der Waals surface area contributed by atoms with Gasteiger partial charge >= 0.3 is 0 Å². The molecule has 1 heterocycles. The summed E-state index contributed by atoms with van der Waals surface area (Å²) < 4.78 is 7.47. The lowest BCUT2D eigenvalue weighted by molar-refractivity contribution is 0.163. The molecule has 1 unspecified atom stereocenters. The lowest BCUT2D eigenvalue weighted by atomic mass is 9.67. The van der Waals surface area contributed by atoms with Gasteiger partial charge < -0.3 is 4.74 Å². The van der Waals surface area contributed by atoms with Crippen molar-refractivity contribution >= 4 is 16.8 Å². The van der Waals surface area contributed by atoms with Crippen LogP contribution in [-0.4, -0.2) is 0 Å². The van der Waals surface area contributed by atoms with Gasteiger partial charge in [0, 0.05) is 27.5 Å². The maximum Gasteiger partial charge on any atom is 0.178 e. The third-order valence-electron chi connectivity index (χ3n) is 10.0. The van der Waals surface area contributed by atoms with Crippen LogP contribution in [-0.2, 0) is 11.0 Å². The number of fused-ring (bicyclic) bond motifs is 10. The van der Waals surface area contributed by atoms with Crippen molar-refractivity contribution in [3.05, 3.63) is 143 Å². The zero-order valence-electron chi connectivity index (χ0n) is 23.8. The highest BCUT2D eigenvalue weighted by atomic mass is 16.5. The number of ether oxygens (including phenoxy) is 1. The molecule has 2 aliphatic carbocycles. The van der Waals surface area contributed by atoms with Crippen LogP contribution < -0.4 is 4.74 Å². The second-order valence-electron chi connectivity index (χ2n) is 12.3. The van der Waals surface area contributed by atoms with E-state index in [1.165, 1.54) is 89.1 Å². The summed E-state index contributed by atoms with van der Waals surface area (Å²) in [6, 6.07) is 37.8. The minimum atomic E-state index is -0.696. The molecule has 0 amide bonds. The lowest BCUT2D eigenvalue weighted by Crippen LogP contribution is -2.35. The van der Waals surface area contributed by atoms with Gasteiger partial charge in [-0.1, -0.05) is 147 Å². The Morgan fingerprint density at radius 1 is 0.610 bits per heavy atom. The quantitative estimate of drug-likeness (QED) is 0.220. The SMILES string of the molecule is Cc1ccc(C2(c3ccccc3)C=Cc3c4c(c5ccccc5c3O2)-c2ccccc2C42CCCCCCC2)cc1. The molecule has 5 aromatic rings. The van der Waals surface area contributed by atoms with E-state index in [0.29, 0.717) is 0 Å². The van der Waals surface area contributed by atoms with Gasteiger partial charge in [0.1, 0.15) is 5.75 Å². The molecule has 5 aromatic carbocycles. The summed E-state index contributed by atoms with van der Waals surface area (Å²) >= 11 is 0. The van der Waals surface area contributed by atoms with Gasteiger partial charge in [0.2, 0.25) is 0 Å². The van der Waals surface area contributed by atoms with Crippen LogP contribution in [0.5, 0.6) is 5.75 Å². The Hall–Kier alpha value is -4.10. The predicted molar refractivity (Wildman–Crippen MR) is 171 cm³/mol. The highest BCUT2D eigenvalue weighted by molar-refractivity contribution is 6.08. The summed E-state index contributed by atoms with van der Waals surface area (Å²) in [6.07, 6.45) is 13.7. The summed E-state index contributed by atoms with van der Waals surface area (Å²) in [5, 5.41) is 2.52. The summed E-state index contributed by atoms with van der Waals surface area (Å²) in [5.74, 6) is 1.03. The number of aryl methyl sites for hydroxylation is 1. The van der Waals surface area contributed by atoms with Crippen molar-refractivity contribution in [1.82, 2.24) is 0 Å². The molecule has 0 bridgehead atoms. The first kappa shape index (κ1) is 24.7. The Bertz CT molecular complexity index is 1790. The van der Waals surface area contributed by atoms with E-state index >= 15 is 0 Å². The number of hydrogen-bond acceptors (Lipinski definition) is 1. The minimum Gasteiger partial charge on any atom is -0.472 e. The second-order valence-corrected chi connectivity index (χ2v) is 12.3. The van der Waals surface area contributed by atoms with Crippen LogP contribution in [0.1, 0.15) is 78.3 Å². The van der Waals surface area contributed by atoms with Gasteiger partial charge in [0.05, 0.1) is 0 Å². The standard InChI is InChI=1S/C40H36O/c1-28-20-22-30(23-21-28)40(29-14-6-5-7-15-29)27-24-34-37-36(31-16-8-9-17-32(31)38(34)41-40)33-18-10-11-19-35(33)39(37)25-12-3-2-4-13-26-39/h5-11,14-24,27H,2-4,12-13,25-26H2,1H3. The highest BCUT2D eigenvalue weighted by Gasteiger charge is 2.47. The maximum absolute atomic E-state index is 7.47. The van der Waals surface area contributed by atoms with Crippen LogP contribution in [0.4, 0.5) is 0 Å². The van der Waals surface area contributed by atoms with Crippen LogP contribution in [0.3, 0.4) is 0 Å². The van der Waals surface area contributed by atoms with E-state index in [4.69, 9.17) is 4.74 Å². The van der Waals surface area contributed by atoms with Crippen molar-refractivity contribution in [3.8, 4) is 16.9 Å². The number of benzene rings is 5. The first-order valence-corrected chi connectivity index (χ1v) is 15.4. The molecule has 0 radical (unpaired) electrons. The van der Waals surface area contributed by atoms with Crippen LogP contribution >= 0.6 is 0 Å². The fourth-order valence-corrected chi connectivity index (χ4v) is 8.11. The first-order chi connectivity index (χ1) is 20.2. The van der Waals surface area contributed by atoms with Gasteiger partial charge in [-0.05, 0) is 53.5 Å². The fourth-order valence-electron chi connectivity index (χ4n) is 8.11. The molecule has 1 saturated carbocycles. The van der Waals surface area contributed by atoms with Crippen LogP contribution in [0, 0.1) is 6.92 Å². The molecule has 8 rings (SSSR count). The molecule has 1 fully saturated rings. The van der Waals surface area contributed by atoms with E-state index in [0.717, 1.165) is 16.9 Å². The van der Waals surface area contributed by atoms with Crippen molar-refractivity contribution < 1.29 is 4.74 Å². The molecule has 0 aromatic heterocycles. The molecule has 1 atom stereocenters. The van der Waals surface area contributed by atoms with Crippen molar-refractivity contribution in [2.45, 2.75) is 62.9 Å². The van der Waals surface area contributed by atoms with E-state index in [1.54, 1.807) is 0 Å². The van der Waals surface area contributed by atoms with Gasteiger partial charge in [0.15, 0.2) is 5.60 Å². The zero-order valence-corrected chi connectivity index (χ0v) is 23.8. The normalized spacial score (nSPS) is 20.5. The van der Waals surface area contributed by atoms with Gasteiger partial charge in [-0.15, -0.1) is 0 Å². The predicted octanol–water partition coefficient (Wildman–Crippen LogP) is 10.5. The van der Waals surface area contributed by atoms with E-state index in [2.05, 4.69) is 122 Å². The molecule has 202 valence electrons. The second kappa shape index (κ2) is 9.48. The first-order valence-electron chi connectivity index (χ1n) is 15.4. The average Bonchev–Trinajstić information content (AvgIpc) is 3.30. The largest absolute Gasteiger partial charge is 0.472 e. The van der Waals surface area contributed by atoms with Crippen LogP contribution in [0.2, 0.25) is 0 Å². The Balaban J connectivity index is 1.45. The fraction of sp³-hybridized carbons (Fsp3) is 0.250. The molecule has 1 aliphatic heterocycles. The third-order valence-corrected chi connectivity index (χ3v) is 10.0. The Kier molecular flexibility index (Phi) is 5.71. The minimum absolute atomic E-state index is 0.0325. The molecule has 1 spiro atoms. The molecular formula is C40H36O. The smallest absolute Gasteiger partial charge is 0.178 e. The van der Waals surface area contributed by atoms with Crippen molar-refractivity contribution in [2.75, 3.05) is 0 Å². The molecule has 0 N–H and O–H groups in total. The summed E-state index contributed by atoms with van der Waals surface area (Å²) in [6.45, 7) is 2.15. The third kappa shape index (κ3) is 3.61. The Morgan fingerprint density at radius 2 is 1.24 bits per heavy atom. The topological polar surface area (TPSA) is 9.23 Å². The lowest BCUT2D eigenvalue weighted by Gasteiger charge is -2.40. The van der Waals surface area contributed by atoms with E-state index in [1.807, 2.05) is 0 Å². The van der Waals surface area contributed by atoms with Gasteiger partial charge in [0.25, 0.3) is 0 Å². The van der Waals surface area contributed by atoms with E-state index in [9.17, 15) is 0 Å². The van der Waals surface area contributed by atoms with Crippen LogP contribution in [0.15, 0.2) is 109 Å². The molecule has 1 heteroatoms. The van der Waals surface area contributed by atoms with E-state index in [-0.39, 0.29) is 5.41 Å². The molecule has 0 saturated heterocycles. The van der Waals surface area contributed by atoms with Crippen molar-refractivity contribution in [2.24, 2.45) is 0 Å². The monoisotopic (exact) mass is 532 g/mol.